The van der Waals surface area contributed by atoms with Crippen molar-refractivity contribution < 1.29 is 19.1 Å². The molecule has 0 saturated heterocycles. The minimum absolute atomic E-state index is 0.200. The maximum absolute atomic E-state index is 12.1. The first-order chi connectivity index (χ1) is 14.5. The second-order valence-corrected chi connectivity index (χ2v) is 6.82. The van der Waals surface area contributed by atoms with E-state index >= 15 is 0 Å². The van der Waals surface area contributed by atoms with Crippen molar-refractivity contribution in [2.75, 3.05) is 6.61 Å². The highest BCUT2D eigenvalue weighted by Crippen LogP contribution is 2.19. The van der Waals surface area contributed by atoms with Crippen LogP contribution in [-0.2, 0) is 4.79 Å². The van der Waals surface area contributed by atoms with Crippen LogP contribution in [0.15, 0.2) is 77.9 Å². The molecule has 6 nitrogen and oxygen atoms in total. The lowest BCUT2D eigenvalue weighted by molar-refractivity contribution is -0.123. The largest absolute Gasteiger partial charge is 0.484 e. The Labute approximate surface area is 183 Å². The van der Waals surface area contributed by atoms with E-state index in [2.05, 4.69) is 10.5 Å². The maximum atomic E-state index is 12.1. The van der Waals surface area contributed by atoms with E-state index < -0.39 is 11.9 Å². The topological polar surface area (TPSA) is 77.0 Å². The molecule has 1 N–H and O–H groups in total. The average molecular weight is 443 g/mol. The van der Waals surface area contributed by atoms with Crippen molar-refractivity contribution in [2.45, 2.75) is 0 Å². The van der Waals surface area contributed by atoms with E-state index in [4.69, 9.17) is 32.7 Å². The van der Waals surface area contributed by atoms with Crippen LogP contribution < -0.4 is 14.9 Å². The van der Waals surface area contributed by atoms with Crippen LogP contribution in [0.25, 0.3) is 0 Å². The number of halogens is 2. The van der Waals surface area contributed by atoms with Gasteiger partial charge in [0.15, 0.2) is 6.61 Å². The quantitative estimate of drug-likeness (QED) is 0.248. The Bertz CT molecular complexity index is 1070. The number of amides is 1. The van der Waals surface area contributed by atoms with E-state index in [1.165, 1.54) is 6.21 Å². The lowest BCUT2D eigenvalue weighted by atomic mass is 10.2. The summed E-state index contributed by atoms with van der Waals surface area (Å²) in [5.74, 6) is -0.120. The van der Waals surface area contributed by atoms with Gasteiger partial charge in [0.05, 0.1) is 16.8 Å². The Kier molecular flexibility index (Phi) is 7.43. The monoisotopic (exact) mass is 442 g/mol. The van der Waals surface area contributed by atoms with Crippen LogP contribution in [-0.4, -0.2) is 24.7 Å². The fourth-order valence-electron chi connectivity index (χ4n) is 2.33. The number of carbonyl (C=O) groups is 2. The molecule has 0 spiro atoms. The summed E-state index contributed by atoms with van der Waals surface area (Å²) in [6.45, 7) is -0.200. The minimum atomic E-state index is -0.547. The lowest BCUT2D eigenvalue weighted by Crippen LogP contribution is -2.24. The zero-order chi connectivity index (χ0) is 21.3. The van der Waals surface area contributed by atoms with Gasteiger partial charge in [-0.3, -0.25) is 4.79 Å². The van der Waals surface area contributed by atoms with E-state index in [1.54, 1.807) is 72.8 Å². The van der Waals surface area contributed by atoms with Crippen molar-refractivity contribution in [1.82, 2.24) is 5.43 Å². The Morgan fingerprint density at radius 3 is 2.43 bits per heavy atom. The summed E-state index contributed by atoms with van der Waals surface area (Å²) < 4.78 is 10.6. The molecule has 3 aromatic rings. The van der Waals surface area contributed by atoms with Gasteiger partial charge >= 0.3 is 5.97 Å². The molecule has 0 fully saturated rings. The predicted octanol–water partition coefficient (Wildman–Crippen LogP) is 4.74. The molecule has 3 aromatic carbocycles. The summed E-state index contributed by atoms with van der Waals surface area (Å²) >= 11 is 11.8. The number of benzene rings is 3. The molecule has 3 rings (SSSR count). The molecule has 0 bridgehead atoms. The summed E-state index contributed by atoms with van der Waals surface area (Å²) in [6.07, 6.45) is 1.46. The number of nitrogens with one attached hydrogen (secondary N) is 1. The Morgan fingerprint density at radius 1 is 0.933 bits per heavy atom. The van der Waals surface area contributed by atoms with Crippen molar-refractivity contribution in [3.63, 3.8) is 0 Å². The molecular weight excluding hydrogens is 427 g/mol. The number of hydrogen-bond donors (Lipinski definition) is 1. The smallest absolute Gasteiger partial charge is 0.345 e. The van der Waals surface area contributed by atoms with Gasteiger partial charge in [-0.15, -0.1) is 0 Å². The van der Waals surface area contributed by atoms with Gasteiger partial charge in [-0.2, -0.15) is 5.10 Å². The third kappa shape index (κ3) is 6.34. The normalized spacial score (nSPS) is 10.6. The van der Waals surface area contributed by atoms with Crippen LogP contribution in [0.3, 0.4) is 0 Å². The number of nitrogens with zero attached hydrogens (tertiary/aromatic N) is 1. The SMILES string of the molecule is O=C(COc1cccc(Cl)c1)N/N=C/c1ccc(OC(=O)c2ccccc2Cl)cc1. The molecule has 0 heterocycles. The summed E-state index contributed by atoms with van der Waals surface area (Å²) in [5, 5.41) is 4.71. The number of esters is 1. The average Bonchev–Trinajstić information content (AvgIpc) is 2.74. The van der Waals surface area contributed by atoms with Crippen molar-refractivity contribution >= 4 is 41.3 Å². The minimum Gasteiger partial charge on any atom is -0.484 e. The van der Waals surface area contributed by atoms with Crippen LogP contribution in [0.4, 0.5) is 0 Å². The first-order valence-corrected chi connectivity index (χ1v) is 9.54. The molecule has 0 unspecified atom stereocenters. The molecule has 0 aliphatic heterocycles. The number of rotatable bonds is 7. The standard InChI is InChI=1S/C22H16Cl2N2O4/c23-16-4-3-5-18(12-16)29-14-21(27)26-25-13-15-8-10-17(11-9-15)30-22(28)19-6-1-2-7-20(19)24/h1-13H,14H2,(H,26,27)/b25-13+. The third-order valence-electron chi connectivity index (χ3n) is 3.75. The van der Waals surface area contributed by atoms with Gasteiger partial charge in [-0.25, -0.2) is 10.2 Å². The van der Waals surface area contributed by atoms with Crippen LogP contribution >= 0.6 is 23.2 Å². The van der Waals surface area contributed by atoms with E-state index in [0.29, 0.717) is 27.1 Å². The van der Waals surface area contributed by atoms with E-state index in [1.807, 2.05) is 0 Å². The molecule has 0 saturated carbocycles. The summed E-state index contributed by atoms with van der Waals surface area (Å²) in [7, 11) is 0. The predicted molar refractivity (Wildman–Crippen MR) is 116 cm³/mol. The molecule has 30 heavy (non-hydrogen) atoms. The van der Waals surface area contributed by atoms with Crippen molar-refractivity contribution in [1.29, 1.82) is 0 Å². The fourth-order valence-corrected chi connectivity index (χ4v) is 2.72. The Morgan fingerprint density at radius 2 is 1.70 bits per heavy atom. The molecule has 152 valence electrons. The van der Waals surface area contributed by atoms with Crippen LogP contribution in [0.1, 0.15) is 15.9 Å². The van der Waals surface area contributed by atoms with Crippen LogP contribution in [0.5, 0.6) is 11.5 Å². The first kappa shape index (κ1) is 21.4. The van der Waals surface area contributed by atoms with Crippen LogP contribution in [0.2, 0.25) is 10.0 Å². The fraction of sp³-hybridized carbons (Fsp3) is 0.0455. The molecule has 8 heteroatoms. The van der Waals surface area contributed by atoms with Crippen molar-refractivity contribution in [3.8, 4) is 11.5 Å². The van der Waals surface area contributed by atoms with E-state index in [0.717, 1.165) is 0 Å². The Hall–Kier alpha value is -3.35. The molecular formula is C22H16Cl2N2O4. The molecule has 0 atom stereocenters. The van der Waals surface area contributed by atoms with E-state index in [-0.39, 0.29) is 12.2 Å². The highest BCUT2D eigenvalue weighted by molar-refractivity contribution is 6.33. The zero-order valence-electron chi connectivity index (χ0n) is 15.5. The van der Waals surface area contributed by atoms with Gasteiger partial charge in [-0.05, 0) is 60.2 Å². The second-order valence-electron chi connectivity index (χ2n) is 5.98. The first-order valence-electron chi connectivity index (χ1n) is 8.78. The van der Waals surface area contributed by atoms with Crippen molar-refractivity contribution in [3.05, 3.63) is 94.0 Å². The molecule has 0 radical (unpaired) electrons. The highest BCUT2D eigenvalue weighted by Gasteiger charge is 2.11. The maximum Gasteiger partial charge on any atom is 0.345 e. The lowest BCUT2D eigenvalue weighted by Gasteiger charge is -2.06. The molecule has 0 aliphatic rings. The summed E-state index contributed by atoms with van der Waals surface area (Å²) in [5.41, 5.74) is 3.35. The Balaban J connectivity index is 1.48. The van der Waals surface area contributed by atoms with Crippen LogP contribution in [0, 0.1) is 0 Å². The summed E-state index contributed by atoms with van der Waals surface area (Å²) in [6, 6.07) is 20.0. The summed E-state index contributed by atoms with van der Waals surface area (Å²) in [4.78, 5) is 23.9. The highest BCUT2D eigenvalue weighted by atomic mass is 35.5. The van der Waals surface area contributed by atoms with Gasteiger partial charge < -0.3 is 9.47 Å². The third-order valence-corrected chi connectivity index (χ3v) is 4.32. The van der Waals surface area contributed by atoms with Gasteiger partial charge in [0.2, 0.25) is 0 Å². The van der Waals surface area contributed by atoms with Gasteiger partial charge in [0.1, 0.15) is 11.5 Å². The molecule has 1 amide bonds. The second kappa shape index (κ2) is 10.4. The molecule has 0 aromatic heterocycles. The molecule has 0 aliphatic carbocycles. The van der Waals surface area contributed by atoms with E-state index in [9.17, 15) is 9.59 Å². The number of hydrazone groups is 1. The zero-order valence-corrected chi connectivity index (χ0v) is 17.1. The number of hydrogen-bond acceptors (Lipinski definition) is 5. The number of ether oxygens (including phenoxy) is 2. The van der Waals surface area contributed by atoms with Gasteiger partial charge in [-0.1, -0.05) is 41.4 Å². The van der Waals surface area contributed by atoms with Gasteiger partial charge in [0.25, 0.3) is 5.91 Å². The number of carbonyl (C=O) groups excluding carboxylic acids is 2. The van der Waals surface area contributed by atoms with Gasteiger partial charge in [0, 0.05) is 5.02 Å². The van der Waals surface area contributed by atoms with Crippen molar-refractivity contribution in [2.24, 2.45) is 5.10 Å².